The van der Waals surface area contributed by atoms with E-state index < -0.39 is 17.4 Å². The van der Waals surface area contributed by atoms with Crippen LogP contribution in [-0.2, 0) is 20.8 Å². The van der Waals surface area contributed by atoms with Gasteiger partial charge in [0.25, 0.3) is 0 Å². The summed E-state index contributed by atoms with van der Waals surface area (Å²) in [4.78, 5) is 18.0. The molecule has 3 heterocycles. The molecular formula is C28H39N3O4S. The van der Waals surface area contributed by atoms with Crippen molar-refractivity contribution < 1.29 is 18.3 Å². The number of rotatable bonds is 8. The maximum Gasteiger partial charge on any atom is 0.248 e. The first-order valence-corrected chi connectivity index (χ1v) is 14.7. The minimum absolute atomic E-state index is 0.00715. The molecule has 2 aromatic rings. The molecule has 0 aromatic heterocycles. The molecular weight excluding hydrogens is 474 g/mol. The van der Waals surface area contributed by atoms with Crippen molar-refractivity contribution >= 4 is 27.9 Å². The Morgan fingerprint density at radius 2 is 1.72 bits per heavy atom. The van der Waals surface area contributed by atoms with Gasteiger partial charge in [0.1, 0.15) is 12.7 Å². The average molecular weight is 514 g/mol. The number of likely N-dealkylation sites (tertiary alicyclic amines) is 2. The summed E-state index contributed by atoms with van der Waals surface area (Å²) in [6.07, 6.45) is 8.06. The summed E-state index contributed by atoms with van der Waals surface area (Å²) in [5, 5.41) is 2.17. The molecule has 3 aliphatic rings. The number of carbonyl (C=O) groups is 1. The van der Waals surface area contributed by atoms with Crippen molar-refractivity contribution in [3.63, 3.8) is 0 Å². The van der Waals surface area contributed by atoms with E-state index in [4.69, 9.17) is 4.74 Å². The molecule has 0 saturated carbocycles. The molecule has 2 aromatic carbocycles. The zero-order valence-corrected chi connectivity index (χ0v) is 21.9. The van der Waals surface area contributed by atoms with Crippen LogP contribution in [0.3, 0.4) is 0 Å². The van der Waals surface area contributed by atoms with Gasteiger partial charge >= 0.3 is 0 Å². The van der Waals surface area contributed by atoms with Crippen LogP contribution in [0.1, 0.15) is 63.0 Å². The van der Waals surface area contributed by atoms with Crippen molar-refractivity contribution in [2.75, 3.05) is 39.3 Å². The highest BCUT2D eigenvalue weighted by Crippen LogP contribution is 2.36. The Hall–Kier alpha value is -1.84. The second-order valence-corrected chi connectivity index (χ2v) is 11.4. The van der Waals surface area contributed by atoms with Crippen LogP contribution in [0.2, 0.25) is 0 Å². The van der Waals surface area contributed by atoms with Crippen molar-refractivity contribution in [2.24, 2.45) is 0 Å². The molecule has 36 heavy (non-hydrogen) atoms. The molecule has 3 aliphatic heterocycles. The predicted molar refractivity (Wildman–Crippen MR) is 143 cm³/mol. The quantitative estimate of drug-likeness (QED) is 0.531. The SMILES string of the molecule is O=C(COC(c1cccc2ccccc12)C1CCCCN1S(=O)O)N1CCCC1CN1CCCCC1. The standard InChI is InChI=1S/C28H39N3O4S/c32-27(30-18-9-12-23(30)20-29-16-5-1-6-17-29)21-35-28(26-15-4-7-19-31(26)36(33)34)25-14-8-11-22-10-2-3-13-24(22)25/h2-3,8,10-11,13-14,23,26,28H,1,4-7,9,12,15-21H2,(H,33,34). The monoisotopic (exact) mass is 513 g/mol. The van der Waals surface area contributed by atoms with E-state index in [1.807, 2.05) is 29.2 Å². The molecule has 0 aliphatic carbocycles. The maximum absolute atomic E-state index is 13.5. The third-order valence-electron chi connectivity index (χ3n) is 8.18. The van der Waals surface area contributed by atoms with Crippen molar-refractivity contribution in [3.05, 3.63) is 48.0 Å². The predicted octanol–water partition coefficient (Wildman–Crippen LogP) is 4.37. The van der Waals surface area contributed by atoms with E-state index in [1.54, 1.807) is 4.31 Å². The van der Waals surface area contributed by atoms with Crippen LogP contribution in [0.25, 0.3) is 10.8 Å². The van der Waals surface area contributed by atoms with Gasteiger partial charge in [-0.1, -0.05) is 55.3 Å². The van der Waals surface area contributed by atoms with Gasteiger partial charge in [0.15, 0.2) is 0 Å². The largest absolute Gasteiger partial charge is 0.362 e. The number of amides is 1. The molecule has 196 valence electrons. The highest BCUT2D eigenvalue weighted by molar-refractivity contribution is 7.76. The van der Waals surface area contributed by atoms with E-state index in [0.29, 0.717) is 6.54 Å². The molecule has 0 radical (unpaired) electrons. The minimum atomic E-state index is -2.08. The van der Waals surface area contributed by atoms with Gasteiger partial charge in [-0.05, 0) is 68.0 Å². The number of ether oxygens (including phenoxy) is 1. The Labute approximate surface area is 217 Å². The summed E-state index contributed by atoms with van der Waals surface area (Å²) < 4.78 is 30.4. The van der Waals surface area contributed by atoms with Gasteiger partial charge in [-0.3, -0.25) is 9.35 Å². The topological polar surface area (TPSA) is 73.3 Å². The minimum Gasteiger partial charge on any atom is -0.362 e. The van der Waals surface area contributed by atoms with Crippen molar-refractivity contribution in [1.29, 1.82) is 0 Å². The van der Waals surface area contributed by atoms with Crippen molar-refractivity contribution in [3.8, 4) is 0 Å². The van der Waals surface area contributed by atoms with Crippen LogP contribution in [0.4, 0.5) is 0 Å². The first kappa shape index (κ1) is 25.8. The molecule has 3 fully saturated rings. The van der Waals surface area contributed by atoms with Gasteiger partial charge < -0.3 is 14.5 Å². The fraction of sp³-hybridized carbons (Fsp3) is 0.607. The summed E-state index contributed by atoms with van der Waals surface area (Å²) in [6.45, 7) is 4.55. The van der Waals surface area contributed by atoms with Crippen LogP contribution in [-0.4, -0.2) is 80.2 Å². The van der Waals surface area contributed by atoms with Crippen LogP contribution < -0.4 is 0 Å². The van der Waals surface area contributed by atoms with Gasteiger partial charge in [-0.2, -0.15) is 4.31 Å². The first-order valence-electron chi connectivity index (χ1n) is 13.6. The Kier molecular flexibility index (Phi) is 8.70. The number of piperidine rings is 2. The van der Waals surface area contributed by atoms with Gasteiger partial charge in [0.05, 0.1) is 6.04 Å². The Balaban J connectivity index is 1.35. The molecule has 1 amide bonds. The van der Waals surface area contributed by atoms with Crippen molar-refractivity contribution in [1.82, 2.24) is 14.1 Å². The number of carbonyl (C=O) groups excluding carboxylic acids is 1. The molecule has 3 saturated heterocycles. The summed E-state index contributed by atoms with van der Waals surface area (Å²) in [5.74, 6) is 0.0345. The number of benzene rings is 2. The summed E-state index contributed by atoms with van der Waals surface area (Å²) in [6, 6.07) is 14.3. The number of nitrogens with zero attached hydrogens (tertiary/aromatic N) is 3. The fourth-order valence-electron chi connectivity index (χ4n) is 6.37. The van der Waals surface area contributed by atoms with E-state index >= 15 is 0 Å². The summed E-state index contributed by atoms with van der Waals surface area (Å²) in [7, 11) is 0. The zero-order valence-electron chi connectivity index (χ0n) is 21.1. The number of hydrogen-bond donors (Lipinski definition) is 1. The van der Waals surface area contributed by atoms with Gasteiger partial charge in [-0.25, -0.2) is 4.21 Å². The summed E-state index contributed by atoms with van der Waals surface area (Å²) >= 11 is -2.08. The molecule has 4 atom stereocenters. The fourth-order valence-corrected chi connectivity index (χ4v) is 7.10. The lowest BCUT2D eigenvalue weighted by atomic mass is 9.91. The van der Waals surface area contributed by atoms with Crippen LogP contribution in [0, 0.1) is 0 Å². The number of hydrogen-bond acceptors (Lipinski definition) is 4. The molecule has 0 spiro atoms. The molecule has 5 rings (SSSR count). The van der Waals surface area contributed by atoms with Crippen LogP contribution in [0.15, 0.2) is 42.5 Å². The van der Waals surface area contributed by atoms with Gasteiger partial charge in [0.2, 0.25) is 17.2 Å². The third-order valence-corrected chi connectivity index (χ3v) is 9.03. The molecule has 7 nitrogen and oxygen atoms in total. The van der Waals surface area contributed by atoms with Gasteiger partial charge in [-0.15, -0.1) is 0 Å². The molecule has 8 heteroatoms. The molecule has 4 unspecified atom stereocenters. The zero-order chi connectivity index (χ0) is 24.9. The lowest BCUT2D eigenvalue weighted by Crippen LogP contribution is -2.47. The first-order chi connectivity index (χ1) is 17.6. The van der Waals surface area contributed by atoms with E-state index in [9.17, 15) is 13.6 Å². The molecule has 1 N–H and O–H groups in total. The number of fused-ring (bicyclic) bond motifs is 1. The second-order valence-electron chi connectivity index (χ2n) is 10.5. The third kappa shape index (κ3) is 5.83. The van der Waals surface area contributed by atoms with Crippen LogP contribution in [0.5, 0.6) is 0 Å². The van der Waals surface area contributed by atoms with Crippen LogP contribution >= 0.6 is 0 Å². The average Bonchev–Trinajstić information content (AvgIpc) is 3.37. The van der Waals surface area contributed by atoms with E-state index in [1.165, 1.54) is 19.3 Å². The lowest BCUT2D eigenvalue weighted by Gasteiger charge is -2.38. The maximum atomic E-state index is 13.5. The van der Waals surface area contributed by atoms with E-state index in [0.717, 1.165) is 74.6 Å². The second kappa shape index (κ2) is 12.1. The highest BCUT2D eigenvalue weighted by Gasteiger charge is 2.37. The smallest absolute Gasteiger partial charge is 0.248 e. The lowest BCUT2D eigenvalue weighted by molar-refractivity contribution is -0.141. The van der Waals surface area contributed by atoms with Crippen molar-refractivity contribution in [2.45, 2.75) is 69.6 Å². The van der Waals surface area contributed by atoms with Gasteiger partial charge in [0, 0.05) is 25.7 Å². The normalized spacial score (nSPS) is 25.8. The highest BCUT2D eigenvalue weighted by atomic mass is 32.2. The Morgan fingerprint density at radius 1 is 0.944 bits per heavy atom. The van der Waals surface area contributed by atoms with E-state index in [-0.39, 0.29) is 24.6 Å². The summed E-state index contributed by atoms with van der Waals surface area (Å²) in [5.41, 5.74) is 0.981. The Bertz CT molecular complexity index is 1050. The molecule has 0 bridgehead atoms. The Morgan fingerprint density at radius 3 is 2.56 bits per heavy atom. The van der Waals surface area contributed by atoms with E-state index in [2.05, 4.69) is 23.1 Å².